The van der Waals surface area contributed by atoms with Crippen molar-refractivity contribution in [2.45, 2.75) is 13.3 Å². The summed E-state index contributed by atoms with van der Waals surface area (Å²) in [4.78, 5) is 12.0. The Morgan fingerprint density at radius 3 is 3.00 bits per heavy atom. The summed E-state index contributed by atoms with van der Waals surface area (Å²) < 4.78 is 0. The van der Waals surface area contributed by atoms with Crippen LogP contribution in [0.3, 0.4) is 0 Å². The minimum atomic E-state index is 0.900. The number of aromatic amines is 1. The lowest BCUT2D eigenvalue weighted by atomic mass is 10.2. The van der Waals surface area contributed by atoms with Crippen LogP contribution in [-0.4, -0.2) is 28.5 Å². The Hall–Kier alpha value is -1.68. The third-order valence-corrected chi connectivity index (χ3v) is 2.53. The molecule has 0 amide bonds. The van der Waals surface area contributed by atoms with Gasteiger partial charge in [-0.05, 0) is 26.1 Å². The molecule has 2 rings (SSSR count). The molecule has 4 heteroatoms. The van der Waals surface area contributed by atoms with Crippen molar-refractivity contribution < 1.29 is 0 Å². The third-order valence-electron chi connectivity index (χ3n) is 2.53. The first-order valence-electron chi connectivity index (χ1n) is 5.41. The van der Waals surface area contributed by atoms with Gasteiger partial charge in [0.25, 0.3) is 0 Å². The molecule has 0 aliphatic heterocycles. The first-order valence-corrected chi connectivity index (χ1v) is 5.41. The number of rotatable bonds is 4. The van der Waals surface area contributed by atoms with E-state index in [1.165, 1.54) is 0 Å². The van der Waals surface area contributed by atoms with Gasteiger partial charge in [0, 0.05) is 36.6 Å². The molecule has 0 saturated heterocycles. The number of hydrogen-bond acceptors (Lipinski definition) is 3. The number of aryl methyl sites for hydroxylation is 1. The number of nitrogens with zero attached hydrogens (tertiary/aromatic N) is 2. The van der Waals surface area contributed by atoms with Gasteiger partial charge in [0.2, 0.25) is 0 Å². The monoisotopic (exact) mass is 216 g/mol. The summed E-state index contributed by atoms with van der Waals surface area (Å²) in [6.45, 7) is 3.00. The molecule has 84 valence electrons. The molecule has 0 saturated carbocycles. The largest absolute Gasteiger partial charge is 0.342 e. The minimum absolute atomic E-state index is 0.900. The van der Waals surface area contributed by atoms with Gasteiger partial charge in [-0.3, -0.25) is 4.98 Å². The topological polar surface area (TPSA) is 53.6 Å². The van der Waals surface area contributed by atoms with Crippen LogP contribution in [0, 0.1) is 6.92 Å². The molecule has 0 spiro atoms. The number of likely N-dealkylation sites (N-methyl/N-ethyl adjacent to an activating group) is 1. The molecule has 16 heavy (non-hydrogen) atoms. The smallest absolute Gasteiger partial charge is 0.139 e. The Morgan fingerprint density at radius 1 is 1.44 bits per heavy atom. The second-order valence-corrected chi connectivity index (χ2v) is 3.75. The van der Waals surface area contributed by atoms with Gasteiger partial charge in [0.05, 0.1) is 5.69 Å². The van der Waals surface area contributed by atoms with E-state index in [0.717, 1.165) is 35.7 Å². The van der Waals surface area contributed by atoms with Crippen LogP contribution in [0.25, 0.3) is 11.4 Å². The number of pyridine rings is 1. The van der Waals surface area contributed by atoms with E-state index in [0.29, 0.717) is 0 Å². The van der Waals surface area contributed by atoms with Gasteiger partial charge >= 0.3 is 0 Å². The number of H-pyrrole nitrogens is 1. The Bertz CT molecular complexity index is 447. The summed E-state index contributed by atoms with van der Waals surface area (Å²) >= 11 is 0. The average Bonchev–Trinajstić information content (AvgIpc) is 2.69. The molecule has 0 bridgehead atoms. The number of imidazole rings is 1. The van der Waals surface area contributed by atoms with Crippen molar-refractivity contribution in [2.24, 2.45) is 0 Å². The molecule has 2 heterocycles. The van der Waals surface area contributed by atoms with Crippen molar-refractivity contribution in [2.75, 3.05) is 13.6 Å². The van der Waals surface area contributed by atoms with Gasteiger partial charge in [-0.1, -0.05) is 0 Å². The standard InChI is InChI=1S/C12H16N4/c1-9-11(5-7-13-2)16-12(15-9)10-4-3-6-14-8-10/h3-4,6,8,13H,5,7H2,1-2H3,(H,15,16). The lowest BCUT2D eigenvalue weighted by Gasteiger charge is -1.96. The van der Waals surface area contributed by atoms with Gasteiger partial charge in [-0.25, -0.2) is 4.98 Å². The normalized spacial score (nSPS) is 10.6. The number of hydrogen-bond donors (Lipinski definition) is 2. The van der Waals surface area contributed by atoms with Crippen molar-refractivity contribution in [1.82, 2.24) is 20.3 Å². The molecule has 2 N–H and O–H groups in total. The zero-order valence-electron chi connectivity index (χ0n) is 9.62. The van der Waals surface area contributed by atoms with Crippen LogP contribution in [0.5, 0.6) is 0 Å². The second-order valence-electron chi connectivity index (χ2n) is 3.75. The lowest BCUT2D eigenvalue weighted by Crippen LogP contribution is -2.11. The van der Waals surface area contributed by atoms with Crippen molar-refractivity contribution in [1.29, 1.82) is 0 Å². The zero-order chi connectivity index (χ0) is 11.4. The van der Waals surface area contributed by atoms with Crippen molar-refractivity contribution >= 4 is 0 Å². The first-order chi connectivity index (χ1) is 7.81. The number of aromatic nitrogens is 3. The maximum Gasteiger partial charge on any atom is 0.139 e. The maximum absolute atomic E-state index is 4.58. The van der Waals surface area contributed by atoms with Crippen LogP contribution < -0.4 is 5.32 Å². The van der Waals surface area contributed by atoms with E-state index in [4.69, 9.17) is 0 Å². The molecule has 0 fully saturated rings. The van der Waals surface area contributed by atoms with Gasteiger partial charge in [0.1, 0.15) is 5.82 Å². The molecule has 4 nitrogen and oxygen atoms in total. The highest BCUT2D eigenvalue weighted by atomic mass is 14.9. The fourth-order valence-electron chi connectivity index (χ4n) is 1.62. The van der Waals surface area contributed by atoms with E-state index in [1.54, 1.807) is 6.20 Å². The lowest BCUT2D eigenvalue weighted by molar-refractivity contribution is 0.776. The molecular formula is C12H16N4. The highest BCUT2D eigenvalue weighted by Crippen LogP contribution is 2.16. The van der Waals surface area contributed by atoms with E-state index < -0.39 is 0 Å². The summed E-state index contributed by atoms with van der Waals surface area (Å²) in [7, 11) is 1.95. The highest BCUT2D eigenvalue weighted by Gasteiger charge is 2.07. The predicted octanol–water partition coefficient (Wildman–Crippen LogP) is 1.54. The molecule has 0 aliphatic rings. The maximum atomic E-state index is 4.58. The van der Waals surface area contributed by atoms with Crippen LogP contribution in [-0.2, 0) is 6.42 Å². The first kappa shape index (κ1) is 10.8. The molecule has 0 atom stereocenters. The predicted molar refractivity (Wildman–Crippen MR) is 64.2 cm³/mol. The Morgan fingerprint density at radius 2 is 2.31 bits per heavy atom. The molecule has 2 aromatic heterocycles. The Labute approximate surface area is 95.1 Å². The second kappa shape index (κ2) is 4.90. The molecular weight excluding hydrogens is 200 g/mol. The summed E-state index contributed by atoms with van der Waals surface area (Å²) in [5.74, 6) is 0.900. The van der Waals surface area contributed by atoms with Gasteiger partial charge in [-0.15, -0.1) is 0 Å². The molecule has 0 aromatic carbocycles. The fraction of sp³-hybridized carbons (Fsp3) is 0.333. The molecule has 0 aliphatic carbocycles. The average molecular weight is 216 g/mol. The summed E-state index contributed by atoms with van der Waals surface area (Å²) in [6.07, 6.45) is 4.53. The van der Waals surface area contributed by atoms with E-state index in [2.05, 4.69) is 27.2 Å². The van der Waals surface area contributed by atoms with Crippen molar-refractivity contribution in [3.05, 3.63) is 35.9 Å². The Balaban J connectivity index is 2.24. The van der Waals surface area contributed by atoms with E-state index >= 15 is 0 Å². The SMILES string of the molecule is CNCCc1nc(-c2cccnc2)[nH]c1C. The molecule has 2 aromatic rings. The number of nitrogens with one attached hydrogen (secondary N) is 2. The van der Waals surface area contributed by atoms with E-state index in [-0.39, 0.29) is 0 Å². The van der Waals surface area contributed by atoms with Crippen molar-refractivity contribution in [3.63, 3.8) is 0 Å². The summed E-state index contributed by atoms with van der Waals surface area (Å²) in [6, 6.07) is 3.92. The van der Waals surface area contributed by atoms with Crippen LogP contribution >= 0.6 is 0 Å². The third kappa shape index (κ3) is 2.28. The van der Waals surface area contributed by atoms with E-state index in [1.807, 2.05) is 25.4 Å². The minimum Gasteiger partial charge on any atom is -0.342 e. The van der Waals surface area contributed by atoms with E-state index in [9.17, 15) is 0 Å². The van der Waals surface area contributed by atoms with Gasteiger partial charge in [0.15, 0.2) is 0 Å². The highest BCUT2D eigenvalue weighted by molar-refractivity contribution is 5.54. The van der Waals surface area contributed by atoms with Crippen LogP contribution in [0.2, 0.25) is 0 Å². The van der Waals surface area contributed by atoms with Crippen LogP contribution in [0.4, 0.5) is 0 Å². The summed E-state index contributed by atoms with van der Waals surface area (Å²) in [5, 5.41) is 3.13. The molecule has 0 unspecified atom stereocenters. The van der Waals surface area contributed by atoms with Gasteiger partial charge < -0.3 is 10.3 Å². The molecule has 0 radical (unpaired) electrons. The van der Waals surface area contributed by atoms with Crippen LogP contribution in [0.15, 0.2) is 24.5 Å². The zero-order valence-corrected chi connectivity index (χ0v) is 9.62. The van der Waals surface area contributed by atoms with Crippen molar-refractivity contribution in [3.8, 4) is 11.4 Å². The summed E-state index contributed by atoms with van der Waals surface area (Å²) in [5.41, 5.74) is 3.28. The van der Waals surface area contributed by atoms with Crippen LogP contribution in [0.1, 0.15) is 11.4 Å². The fourth-order valence-corrected chi connectivity index (χ4v) is 1.62. The van der Waals surface area contributed by atoms with Gasteiger partial charge in [-0.2, -0.15) is 0 Å². The quantitative estimate of drug-likeness (QED) is 0.815. The Kier molecular flexibility index (Phi) is 3.31.